The zero-order valence-corrected chi connectivity index (χ0v) is 12.1. The summed E-state index contributed by atoms with van der Waals surface area (Å²) in [4.78, 5) is 14.5. The molecule has 4 heteroatoms. The van der Waals surface area contributed by atoms with E-state index in [1.54, 1.807) is 24.3 Å². The van der Waals surface area contributed by atoms with E-state index in [0.29, 0.717) is 17.2 Å². The van der Waals surface area contributed by atoms with Crippen LogP contribution in [0, 0.1) is 11.3 Å². The fourth-order valence-corrected chi connectivity index (χ4v) is 2.85. The second kappa shape index (κ2) is 6.53. The van der Waals surface area contributed by atoms with Gasteiger partial charge in [0.1, 0.15) is 0 Å². The maximum atomic E-state index is 12.3. The fourth-order valence-electron chi connectivity index (χ4n) is 2.85. The number of nitrogens with zero attached hydrogens (tertiary/aromatic N) is 2. The largest absolute Gasteiger partial charge is 0.348 e. The van der Waals surface area contributed by atoms with E-state index in [1.807, 2.05) is 0 Å². The Morgan fingerprint density at radius 2 is 1.90 bits per heavy atom. The molecule has 0 heterocycles. The van der Waals surface area contributed by atoms with Gasteiger partial charge in [0.2, 0.25) is 0 Å². The summed E-state index contributed by atoms with van der Waals surface area (Å²) in [7, 11) is 4.13. The lowest BCUT2D eigenvalue weighted by molar-refractivity contribution is 0.0883. The maximum absolute atomic E-state index is 12.3. The molecule has 0 bridgehead atoms. The minimum atomic E-state index is -0.0479. The first-order chi connectivity index (χ1) is 9.61. The van der Waals surface area contributed by atoms with Crippen LogP contribution in [0.15, 0.2) is 24.3 Å². The Balaban J connectivity index is 2.03. The van der Waals surface area contributed by atoms with Gasteiger partial charge in [0.25, 0.3) is 5.91 Å². The van der Waals surface area contributed by atoms with E-state index in [9.17, 15) is 4.79 Å². The molecular formula is C16H21N3O. The van der Waals surface area contributed by atoms with Crippen molar-refractivity contribution in [3.8, 4) is 6.07 Å². The average Bonchev–Trinajstić information content (AvgIpc) is 2.47. The van der Waals surface area contributed by atoms with Crippen LogP contribution < -0.4 is 5.32 Å². The number of nitrogens with one attached hydrogen (secondary N) is 1. The fraction of sp³-hybridized carbons (Fsp3) is 0.500. The van der Waals surface area contributed by atoms with E-state index in [1.165, 1.54) is 12.8 Å². The van der Waals surface area contributed by atoms with Gasteiger partial charge in [-0.2, -0.15) is 5.26 Å². The van der Waals surface area contributed by atoms with Gasteiger partial charge in [0.05, 0.1) is 11.6 Å². The van der Waals surface area contributed by atoms with Crippen LogP contribution in [0.3, 0.4) is 0 Å². The molecule has 0 radical (unpaired) electrons. The Hall–Kier alpha value is -1.86. The molecule has 1 N–H and O–H groups in total. The zero-order valence-electron chi connectivity index (χ0n) is 12.1. The van der Waals surface area contributed by atoms with E-state index >= 15 is 0 Å². The molecule has 0 saturated heterocycles. The van der Waals surface area contributed by atoms with Gasteiger partial charge in [0, 0.05) is 17.6 Å². The number of hydrogen-bond donors (Lipinski definition) is 1. The first-order valence-electron chi connectivity index (χ1n) is 7.09. The zero-order chi connectivity index (χ0) is 14.5. The van der Waals surface area contributed by atoms with Gasteiger partial charge in [0.15, 0.2) is 0 Å². The summed E-state index contributed by atoms with van der Waals surface area (Å²) in [6, 6.07) is 9.46. The van der Waals surface area contributed by atoms with Crippen LogP contribution >= 0.6 is 0 Å². The number of hydrogen-bond acceptors (Lipinski definition) is 3. The standard InChI is InChI=1S/C16H21N3O/c1-19(2)15-6-4-3-5-14(15)18-16(20)13-9-7-12(11-17)8-10-13/h7-10,14-15H,3-6H2,1-2H3,(H,18,20). The molecule has 2 atom stereocenters. The highest BCUT2D eigenvalue weighted by atomic mass is 16.1. The first kappa shape index (κ1) is 14.5. The van der Waals surface area contributed by atoms with Crippen molar-refractivity contribution in [1.82, 2.24) is 10.2 Å². The van der Waals surface area contributed by atoms with E-state index in [-0.39, 0.29) is 11.9 Å². The quantitative estimate of drug-likeness (QED) is 0.916. The van der Waals surface area contributed by atoms with Crippen molar-refractivity contribution < 1.29 is 4.79 Å². The van der Waals surface area contributed by atoms with E-state index in [2.05, 4.69) is 30.4 Å². The summed E-state index contributed by atoms with van der Waals surface area (Å²) < 4.78 is 0. The van der Waals surface area contributed by atoms with Crippen LogP contribution in [0.5, 0.6) is 0 Å². The van der Waals surface area contributed by atoms with Crippen LogP contribution in [0.25, 0.3) is 0 Å². The monoisotopic (exact) mass is 271 g/mol. The number of benzene rings is 1. The van der Waals surface area contributed by atoms with Crippen molar-refractivity contribution in [3.05, 3.63) is 35.4 Å². The molecule has 1 aromatic carbocycles. The summed E-state index contributed by atoms with van der Waals surface area (Å²) in [6.45, 7) is 0. The number of carbonyl (C=O) groups is 1. The topological polar surface area (TPSA) is 56.1 Å². The Kier molecular flexibility index (Phi) is 4.75. The van der Waals surface area contributed by atoms with E-state index < -0.39 is 0 Å². The van der Waals surface area contributed by atoms with Crippen LogP contribution in [-0.4, -0.2) is 37.0 Å². The van der Waals surface area contributed by atoms with Gasteiger partial charge in [-0.25, -0.2) is 0 Å². The molecule has 20 heavy (non-hydrogen) atoms. The third-order valence-electron chi connectivity index (χ3n) is 3.99. The number of likely N-dealkylation sites (N-methyl/N-ethyl adjacent to an activating group) is 1. The molecule has 1 saturated carbocycles. The summed E-state index contributed by atoms with van der Waals surface area (Å²) in [5.74, 6) is -0.0479. The lowest BCUT2D eigenvalue weighted by Gasteiger charge is -2.36. The first-order valence-corrected chi connectivity index (χ1v) is 7.09. The molecular weight excluding hydrogens is 250 g/mol. The van der Waals surface area contributed by atoms with Crippen molar-refractivity contribution >= 4 is 5.91 Å². The molecule has 106 valence electrons. The molecule has 1 aliphatic rings. The van der Waals surface area contributed by atoms with Gasteiger partial charge < -0.3 is 10.2 Å². The van der Waals surface area contributed by atoms with E-state index in [0.717, 1.165) is 12.8 Å². The Bertz CT molecular complexity index is 501. The molecule has 0 spiro atoms. The SMILES string of the molecule is CN(C)C1CCCCC1NC(=O)c1ccc(C#N)cc1. The van der Waals surface area contributed by atoms with Crippen LogP contribution in [0.4, 0.5) is 0 Å². The Morgan fingerprint density at radius 3 is 2.50 bits per heavy atom. The predicted octanol–water partition coefficient (Wildman–Crippen LogP) is 2.16. The van der Waals surface area contributed by atoms with Gasteiger partial charge in [-0.15, -0.1) is 0 Å². The number of rotatable bonds is 3. The average molecular weight is 271 g/mol. The highest BCUT2D eigenvalue weighted by Crippen LogP contribution is 2.22. The third kappa shape index (κ3) is 3.37. The summed E-state index contributed by atoms with van der Waals surface area (Å²) in [5, 5.41) is 11.9. The molecule has 1 amide bonds. The van der Waals surface area contributed by atoms with Crippen molar-refractivity contribution in [2.75, 3.05) is 14.1 Å². The summed E-state index contributed by atoms with van der Waals surface area (Å²) in [6.07, 6.45) is 4.56. The molecule has 1 aliphatic carbocycles. The van der Waals surface area contributed by atoms with Gasteiger partial charge in [-0.1, -0.05) is 12.8 Å². The second-order valence-electron chi connectivity index (χ2n) is 5.58. The second-order valence-corrected chi connectivity index (χ2v) is 5.58. The predicted molar refractivity (Wildman–Crippen MR) is 78.4 cm³/mol. The van der Waals surface area contributed by atoms with Crippen LogP contribution in [0.2, 0.25) is 0 Å². The summed E-state index contributed by atoms with van der Waals surface area (Å²) >= 11 is 0. The van der Waals surface area contributed by atoms with Crippen molar-refractivity contribution in [1.29, 1.82) is 5.26 Å². The normalized spacial score (nSPS) is 22.3. The number of nitriles is 1. The van der Waals surface area contributed by atoms with Gasteiger partial charge in [-0.3, -0.25) is 4.79 Å². The van der Waals surface area contributed by atoms with Crippen molar-refractivity contribution in [2.45, 2.75) is 37.8 Å². The molecule has 4 nitrogen and oxygen atoms in total. The molecule has 1 aromatic rings. The lowest BCUT2D eigenvalue weighted by atomic mass is 9.89. The van der Waals surface area contributed by atoms with Gasteiger partial charge in [-0.05, 0) is 51.2 Å². The van der Waals surface area contributed by atoms with Crippen LogP contribution in [-0.2, 0) is 0 Å². The lowest BCUT2D eigenvalue weighted by Crippen LogP contribution is -2.51. The van der Waals surface area contributed by atoms with Crippen LogP contribution in [0.1, 0.15) is 41.6 Å². The molecule has 1 fully saturated rings. The minimum absolute atomic E-state index is 0.0479. The molecule has 0 aliphatic heterocycles. The minimum Gasteiger partial charge on any atom is -0.348 e. The van der Waals surface area contributed by atoms with Gasteiger partial charge >= 0.3 is 0 Å². The highest BCUT2D eigenvalue weighted by molar-refractivity contribution is 5.94. The third-order valence-corrected chi connectivity index (χ3v) is 3.99. The summed E-state index contributed by atoms with van der Waals surface area (Å²) in [5.41, 5.74) is 1.19. The van der Waals surface area contributed by atoms with Crippen molar-refractivity contribution in [2.24, 2.45) is 0 Å². The van der Waals surface area contributed by atoms with Crippen molar-refractivity contribution in [3.63, 3.8) is 0 Å². The van der Waals surface area contributed by atoms with E-state index in [4.69, 9.17) is 5.26 Å². The molecule has 0 aromatic heterocycles. The number of carbonyl (C=O) groups excluding carboxylic acids is 1. The Morgan fingerprint density at radius 1 is 1.25 bits per heavy atom. The smallest absolute Gasteiger partial charge is 0.251 e. The maximum Gasteiger partial charge on any atom is 0.251 e. The Labute approximate surface area is 120 Å². The molecule has 2 unspecified atom stereocenters. The molecule has 2 rings (SSSR count). The number of amides is 1. The highest BCUT2D eigenvalue weighted by Gasteiger charge is 2.28.